The van der Waals surface area contributed by atoms with Gasteiger partial charge in [0.25, 0.3) is 11.5 Å². The van der Waals surface area contributed by atoms with E-state index in [-0.39, 0.29) is 17.4 Å². The average Bonchev–Trinajstić information content (AvgIpc) is 2.59. The van der Waals surface area contributed by atoms with Crippen LogP contribution in [0.5, 0.6) is 0 Å². The molecule has 122 valence electrons. The van der Waals surface area contributed by atoms with Crippen LogP contribution < -0.4 is 10.9 Å². The number of aromatic nitrogens is 1. The molecule has 5 nitrogen and oxygen atoms in total. The maximum absolute atomic E-state index is 12.3. The van der Waals surface area contributed by atoms with Crippen LogP contribution in [-0.4, -0.2) is 30.7 Å². The SMILES string of the molecule is COCCn1cc(C(=O)NC[C@@H](C)c2ccccc2)ccc1=O. The summed E-state index contributed by atoms with van der Waals surface area (Å²) >= 11 is 0. The highest BCUT2D eigenvalue weighted by molar-refractivity contribution is 5.93. The number of carbonyl (C=O) groups excluding carboxylic acids is 1. The summed E-state index contributed by atoms with van der Waals surface area (Å²) in [6.45, 7) is 3.46. The van der Waals surface area contributed by atoms with Crippen LogP contribution in [-0.2, 0) is 11.3 Å². The fourth-order valence-electron chi connectivity index (χ4n) is 2.28. The molecule has 0 aliphatic rings. The average molecular weight is 314 g/mol. The van der Waals surface area contributed by atoms with E-state index in [4.69, 9.17) is 4.74 Å². The lowest BCUT2D eigenvalue weighted by Crippen LogP contribution is -2.29. The first-order valence-electron chi connectivity index (χ1n) is 7.64. The summed E-state index contributed by atoms with van der Waals surface area (Å²) in [6.07, 6.45) is 1.57. The number of amides is 1. The lowest BCUT2D eigenvalue weighted by molar-refractivity contribution is 0.0950. The Kier molecular flexibility index (Phi) is 6.11. The number of pyridine rings is 1. The van der Waals surface area contributed by atoms with Crippen LogP contribution in [0.15, 0.2) is 53.5 Å². The van der Waals surface area contributed by atoms with Gasteiger partial charge in [-0.3, -0.25) is 9.59 Å². The summed E-state index contributed by atoms with van der Waals surface area (Å²) in [5, 5.41) is 2.91. The van der Waals surface area contributed by atoms with E-state index in [1.807, 2.05) is 30.3 Å². The molecule has 0 radical (unpaired) electrons. The topological polar surface area (TPSA) is 60.3 Å². The second-order valence-corrected chi connectivity index (χ2v) is 5.46. The molecule has 1 atom stereocenters. The van der Waals surface area contributed by atoms with Crippen molar-refractivity contribution < 1.29 is 9.53 Å². The van der Waals surface area contributed by atoms with Crippen molar-refractivity contribution >= 4 is 5.91 Å². The maximum Gasteiger partial charge on any atom is 0.252 e. The number of nitrogens with one attached hydrogen (secondary N) is 1. The minimum atomic E-state index is -0.182. The molecule has 0 saturated carbocycles. The maximum atomic E-state index is 12.3. The molecule has 23 heavy (non-hydrogen) atoms. The first kappa shape index (κ1) is 17.0. The Morgan fingerprint density at radius 1 is 1.22 bits per heavy atom. The van der Waals surface area contributed by atoms with E-state index in [1.54, 1.807) is 19.4 Å². The van der Waals surface area contributed by atoms with Gasteiger partial charge in [0, 0.05) is 32.5 Å². The van der Waals surface area contributed by atoms with Crippen LogP contribution >= 0.6 is 0 Å². The molecule has 5 heteroatoms. The Labute approximate surface area is 135 Å². The summed E-state index contributed by atoms with van der Waals surface area (Å²) < 4.78 is 6.45. The third-order valence-electron chi connectivity index (χ3n) is 3.72. The minimum Gasteiger partial charge on any atom is -0.383 e. The Hall–Kier alpha value is -2.40. The van der Waals surface area contributed by atoms with E-state index >= 15 is 0 Å². The van der Waals surface area contributed by atoms with Crippen molar-refractivity contribution in [2.45, 2.75) is 19.4 Å². The van der Waals surface area contributed by atoms with Crippen LogP contribution in [0.4, 0.5) is 0 Å². The van der Waals surface area contributed by atoms with Crippen LogP contribution in [0.25, 0.3) is 0 Å². The second kappa shape index (κ2) is 8.29. The number of hydrogen-bond acceptors (Lipinski definition) is 3. The number of methoxy groups -OCH3 is 1. The number of nitrogens with zero attached hydrogens (tertiary/aromatic N) is 1. The monoisotopic (exact) mass is 314 g/mol. The molecule has 2 aromatic rings. The molecule has 1 aromatic carbocycles. The first-order valence-corrected chi connectivity index (χ1v) is 7.64. The van der Waals surface area contributed by atoms with Crippen LogP contribution in [0.3, 0.4) is 0 Å². The minimum absolute atomic E-state index is 0.142. The Bertz CT molecular complexity index is 695. The second-order valence-electron chi connectivity index (χ2n) is 5.46. The predicted octanol–water partition coefficient (Wildman–Crippen LogP) is 2.03. The number of carbonyl (C=O) groups is 1. The smallest absolute Gasteiger partial charge is 0.252 e. The summed E-state index contributed by atoms with van der Waals surface area (Å²) in [4.78, 5) is 24.0. The van der Waals surface area contributed by atoms with E-state index in [1.165, 1.54) is 16.2 Å². The zero-order chi connectivity index (χ0) is 16.7. The van der Waals surface area contributed by atoms with Crippen LogP contribution in [0.2, 0.25) is 0 Å². The zero-order valence-electron chi connectivity index (χ0n) is 13.5. The Morgan fingerprint density at radius 3 is 2.65 bits per heavy atom. The van der Waals surface area contributed by atoms with Gasteiger partial charge in [0.1, 0.15) is 0 Å². The largest absolute Gasteiger partial charge is 0.383 e. The molecule has 0 spiro atoms. The van der Waals surface area contributed by atoms with Gasteiger partial charge in [-0.15, -0.1) is 0 Å². The van der Waals surface area contributed by atoms with Gasteiger partial charge in [-0.25, -0.2) is 0 Å². The quantitative estimate of drug-likeness (QED) is 0.850. The molecule has 2 rings (SSSR count). The zero-order valence-corrected chi connectivity index (χ0v) is 13.5. The summed E-state index contributed by atoms with van der Waals surface area (Å²) in [7, 11) is 1.58. The fourth-order valence-corrected chi connectivity index (χ4v) is 2.28. The van der Waals surface area contributed by atoms with Crippen LogP contribution in [0, 0.1) is 0 Å². The molecule has 1 aromatic heterocycles. The van der Waals surface area contributed by atoms with Crippen molar-refractivity contribution in [1.82, 2.24) is 9.88 Å². The first-order chi connectivity index (χ1) is 11.1. The van der Waals surface area contributed by atoms with Crippen molar-refractivity contribution in [1.29, 1.82) is 0 Å². The van der Waals surface area contributed by atoms with Gasteiger partial charge in [-0.2, -0.15) is 0 Å². The number of ether oxygens (including phenoxy) is 1. The van der Waals surface area contributed by atoms with Crippen molar-refractivity contribution in [3.63, 3.8) is 0 Å². The van der Waals surface area contributed by atoms with Gasteiger partial charge in [0.2, 0.25) is 0 Å². The molecule has 1 heterocycles. The molecule has 0 unspecified atom stereocenters. The van der Waals surface area contributed by atoms with Crippen molar-refractivity contribution in [2.24, 2.45) is 0 Å². The van der Waals surface area contributed by atoms with E-state index < -0.39 is 0 Å². The molecule has 1 amide bonds. The predicted molar refractivity (Wildman–Crippen MR) is 89.8 cm³/mol. The van der Waals surface area contributed by atoms with E-state index in [2.05, 4.69) is 12.2 Å². The van der Waals surface area contributed by atoms with Crippen LogP contribution in [0.1, 0.15) is 28.8 Å². The van der Waals surface area contributed by atoms with E-state index in [0.29, 0.717) is 25.3 Å². The van der Waals surface area contributed by atoms with E-state index in [9.17, 15) is 9.59 Å². The highest BCUT2D eigenvalue weighted by Gasteiger charge is 2.10. The summed E-state index contributed by atoms with van der Waals surface area (Å²) in [5.74, 6) is 0.0403. The van der Waals surface area contributed by atoms with Gasteiger partial charge >= 0.3 is 0 Å². The van der Waals surface area contributed by atoms with Gasteiger partial charge in [0.15, 0.2) is 0 Å². The molecular weight excluding hydrogens is 292 g/mol. The van der Waals surface area contributed by atoms with Gasteiger partial charge in [0.05, 0.1) is 12.2 Å². The standard InChI is InChI=1S/C18H22N2O3/c1-14(15-6-4-3-5-7-15)12-19-18(22)16-8-9-17(21)20(13-16)10-11-23-2/h3-9,13-14H,10-12H2,1-2H3,(H,19,22)/t14-/m1/s1. The third-order valence-corrected chi connectivity index (χ3v) is 3.72. The fraction of sp³-hybridized carbons (Fsp3) is 0.333. The van der Waals surface area contributed by atoms with Crippen molar-refractivity contribution in [3.05, 3.63) is 70.1 Å². The summed E-state index contributed by atoms with van der Waals surface area (Å²) in [5.41, 5.74) is 1.51. The van der Waals surface area contributed by atoms with Gasteiger partial charge in [-0.1, -0.05) is 37.3 Å². The van der Waals surface area contributed by atoms with Gasteiger partial charge < -0.3 is 14.6 Å². The lowest BCUT2D eigenvalue weighted by Gasteiger charge is -2.13. The number of benzene rings is 1. The molecule has 0 fully saturated rings. The highest BCUT2D eigenvalue weighted by Crippen LogP contribution is 2.13. The number of rotatable bonds is 7. The third kappa shape index (κ3) is 4.79. The van der Waals surface area contributed by atoms with E-state index in [0.717, 1.165) is 0 Å². The molecule has 0 aliphatic heterocycles. The molecule has 1 N–H and O–H groups in total. The lowest BCUT2D eigenvalue weighted by atomic mass is 10.0. The summed E-state index contributed by atoms with van der Waals surface area (Å²) in [6, 6.07) is 13.0. The Morgan fingerprint density at radius 2 is 1.96 bits per heavy atom. The highest BCUT2D eigenvalue weighted by atomic mass is 16.5. The molecule has 0 aliphatic carbocycles. The van der Waals surface area contributed by atoms with Crippen molar-refractivity contribution in [3.8, 4) is 0 Å². The van der Waals surface area contributed by atoms with Crippen molar-refractivity contribution in [2.75, 3.05) is 20.3 Å². The number of hydrogen-bond donors (Lipinski definition) is 1. The molecule has 0 saturated heterocycles. The molecule has 0 bridgehead atoms. The van der Waals surface area contributed by atoms with Gasteiger partial charge in [-0.05, 0) is 17.5 Å². The Balaban J connectivity index is 1.99. The molecular formula is C18H22N2O3. The normalized spacial score (nSPS) is 11.9.